The van der Waals surface area contributed by atoms with Gasteiger partial charge in [-0.15, -0.1) is 0 Å². The topological polar surface area (TPSA) is 106 Å². The molecule has 2 amide bonds. The smallest absolute Gasteiger partial charge is 0.270 e. The molecule has 0 radical (unpaired) electrons. The summed E-state index contributed by atoms with van der Waals surface area (Å²) in [6.45, 7) is 0.149. The molecule has 0 aliphatic heterocycles. The van der Waals surface area contributed by atoms with Gasteiger partial charge in [-0.2, -0.15) is 5.10 Å². The van der Waals surface area contributed by atoms with Gasteiger partial charge < -0.3 is 24.4 Å². The molecule has 0 fully saturated rings. The highest BCUT2D eigenvalue weighted by Crippen LogP contribution is 2.40. The van der Waals surface area contributed by atoms with Crippen molar-refractivity contribution >= 4 is 11.8 Å². The lowest BCUT2D eigenvalue weighted by Crippen LogP contribution is -2.23. The summed E-state index contributed by atoms with van der Waals surface area (Å²) in [5, 5.41) is 9.68. The van der Waals surface area contributed by atoms with Crippen LogP contribution in [0.25, 0.3) is 11.3 Å². The van der Waals surface area contributed by atoms with Gasteiger partial charge in [0.15, 0.2) is 11.5 Å². The van der Waals surface area contributed by atoms with Gasteiger partial charge in [0, 0.05) is 30.8 Å². The first-order chi connectivity index (χ1) is 16.4. The van der Waals surface area contributed by atoms with Crippen molar-refractivity contribution in [1.82, 2.24) is 20.4 Å². The van der Waals surface area contributed by atoms with Gasteiger partial charge in [-0.05, 0) is 42.5 Å². The van der Waals surface area contributed by atoms with E-state index in [9.17, 15) is 9.59 Å². The van der Waals surface area contributed by atoms with Crippen LogP contribution >= 0.6 is 0 Å². The fraction of sp³-hybridized carbons (Fsp3) is 0.240. The minimum Gasteiger partial charge on any atom is -0.493 e. The van der Waals surface area contributed by atoms with Gasteiger partial charge in [-0.1, -0.05) is 11.8 Å². The molecular weight excluding hydrogens is 436 g/mol. The number of amides is 2. The first-order valence-corrected chi connectivity index (χ1v) is 10.3. The highest BCUT2D eigenvalue weighted by molar-refractivity contribution is 5.94. The molecule has 1 heterocycles. The lowest BCUT2D eigenvalue weighted by atomic mass is 10.1. The van der Waals surface area contributed by atoms with Crippen molar-refractivity contribution in [3.05, 3.63) is 59.3 Å². The Morgan fingerprint density at radius 3 is 2.21 bits per heavy atom. The number of hydrogen-bond acceptors (Lipinski definition) is 6. The first-order valence-electron chi connectivity index (χ1n) is 10.3. The number of hydrogen-bond donors (Lipinski definition) is 2. The zero-order chi connectivity index (χ0) is 24.7. The summed E-state index contributed by atoms with van der Waals surface area (Å²) >= 11 is 0. The molecule has 0 spiro atoms. The third-order valence-electron chi connectivity index (χ3n) is 4.89. The molecule has 9 nitrogen and oxygen atoms in total. The van der Waals surface area contributed by atoms with E-state index in [-0.39, 0.29) is 24.1 Å². The number of aromatic amines is 1. The molecule has 0 atom stereocenters. The molecular formula is C25H26N4O5. The second kappa shape index (κ2) is 10.9. The highest BCUT2D eigenvalue weighted by atomic mass is 16.5. The Morgan fingerprint density at radius 2 is 1.65 bits per heavy atom. The SMILES string of the molecule is COc1cc(-c2cc(C(=O)NCC#Cc3ccc(C(=O)N(C)C)cc3)[nH]n2)cc(OC)c1OC. The Morgan fingerprint density at radius 1 is 1.00 bits per heavy atom. The van der Waals surface area contributed by atoms with E-state index >= 15 is 0 Å². The largest absolute Gasteiger partial charge is 0.493 e. The molecule has 176 valence electrons. The van der Waals surface area contributed by atoms with E-state index in [1.165, 1.54) is 26.2 Å². The number of carbonyl (C=O) groups is 2. The monoisotopic (exact) mass is 462 g/mol. The lowest BCUT2D eigenvalue weighted by Gasteiger charge is -2.13. The number of H-pyrrole nitrogens is 1. The van der Waals surface area contributed by atoms with Gasteiger partial charge in [0.1, 0.15) is 5.69 Å². The standard InChI is InChI=1S/C25H26N4O5/c1-29(2)25(31)17-10-8-16(9-11-17)7-6-12-26-24(30)20-15-19(27-28-20)18-13-21(32-3)23(34-5)22(14-18)33-4/h8-11,13-15H,12H2,1-5H3,(H,26,30)(H,27,28). The van der Waals surface area contributed by atoms with Crippen LogP contribution in [0.15, 0.2) is 42.5 Å². The maximum atomic E-state index is 12.5. The summed E-state index contributed by atoms with van der Waals surface area (Å²) in [5.74, 6) is 6.89. The number of carbonyl (C=O) groups excluding carboxylic acids is 2. The van der Waals surface area contributed by atoms with E-state index in [0.717, 1.165) is 5.56 Å². The normalized spacial score (nSPS) is 10.0. The van der Waals surface area contributed by atoms with Gasteiger partial charge in [0.2, 0.25) is 5.75 Å². The maximum Gasteiger partial charge on any atom is 0.270 e. The van der Waals surface area contributed by atoms with E-state index in [2.05, 4.69) is 27.4 Å². The van der Waals surface area contributed by atoms with Crippen LogP contribution in [0, 0.1) is 11.8 Å². The Kier molecular flexibility index (Phi) is 7.77. The second-order valence-corrected chi connectivity index (χ2v) is 7.34. The van der Waals surface area contributed by atoms with E-state index in [1.807, 2.05) is 0 Å². The zero-order valence-corrected chi connectivity index (χ0v) is 19.7. The van der Waals surface area contributed by atoms with Gasteiger partial charge in [0.05, 0.1) is 33.6 Å². The molecule has 0 saturated heterocycles. The van der Waals surface area contributed by atoms with Crippen LogP contribution in [-0.4, -0.2) is 68.9 Å². The first kappa shape index (κ1) is 24.2. The third kappa shape index (κ3) is 5.48. The maximum absolute atomic E-state index is 12.5. The van der Waals surface area contributed by atoms with E-state index < -0.39 is 0 Å². The molecule has 0 unspecified atom stereocenters. The van der Waals surface area contributed by atoms with Crippen LogP contribution in [0.1, 0.15) is 26.4 Å². The molecule has 9 heteroatoms. The van der Waals surface area contributed by atoms with Gasteiger partial charge in [0.25, 0.3) is 11.8 Å². The molecule has 3 rings (SSSR count). The number of methoxy groups -OCH3 is 3. The molecule has 34 heavy (non-hydrogen) atoms. The second-order valence-electron chi connectivity index (χ2n) is 7.34. The predicted molar refractivity (Wildman–Crippen MR) is 127 cm³/mol. The summed E-state index contributed by atoms with van der Waals surface area (Å²) in [4.78, 5) is 25.9. The molecule has 0 aliphatic rings. The highest BCUT2D eigenvalue weighted by Gasteiger charge is 2.17. The van der Waals surface area contributed by atoms with E-state index in [1.54, 1.807) is 56.6 Å². The Balaban J connectivity index is 1.64. The average molecular weight is 463 g/mol. The molecule has 0 aliphatic carbocycles. The van der Waals surface area contributed by atoms with Crippen LogP contribution in [-0.2, 0) is 0 Å². The zero-order valence-electron chi connectivity index (χ0n) is 19.7. The number of nitrogens with zero attached hydrogens (tertiary/aromatic N) is 2. The van der Waals surface area contributed by atoms with Crippen molar-refractivity contribution in [3.8, 4) is 40.3 Å². The molecule has 2 aromatic carbocycles. The summed E-state index contributed by atoms with van der Waals surface area (Å²) < 4.78 is 16.1. The van der Waals surface area contributed by atoms with E-state index in [4.69, 9.17) is 14.2 Å². The molecule has 0 saturated carbocycles. The Bertz CT molecular complexity index is 1210. The fourth-order valence-corrected chi connectivity index (χ4v) is 3.14. The van der Waals surface area contributed by atoms with Crippen molar-refractivity contribution in [2.45, 2.75) is 0 Å². The molecule has 1 aromatic heterocycles. The van der Waals surface area contributed by atoms with Crippen molar-refractivity contribution < 1.29 is 23.8 Å². The van der Waals surface area contributed by atoms with Crippen LogP contribution in [0.2, 0.25) is 0 Å². The Labute approximate surface area is 198 Å². The number of benzene rings is 2. The predicted octanol–water partition coefficient (Wildman–Crippen LogP) is 2.59. The van der Waals surface area contributed by atoms with Crippen molar-refractivity contribution in [3.63, 3.8) is 0 Å². The molecule has 2 N–H and O–H groups in total. The van der Waals surface area contributed by atoms with Gasteiger partial charge in [-0.25, -0.2) is 0 Å². The minimum atomic E-state index is -0.340. The summed E-state index contributed by atoms with van der Waals surface area (Å²) in [6.07, 6.45) is 0. The van der Waals surface area contributed by atoms with Crippen LogP contribution < -0.4 is 19.5 Å². The minimum absolute atomic E-state index is 0.0720. The number of nitrogens with one attached hydrogen (secondary N) is 2. The van der Waals surface area contributed by atoms with E-state index in [0.29, 0.717) is 34.1 Å². The fourth-order valence-electron chi connectivity index (χ4n) is 3.14. The van der Waals surface area contributed by atoms with Crippen LogP contribution in [0.4, 0.5) is 0 Å². The number of rotatable bonds is 7. The van der Waals surface area contributed by atoms with Crippen molar-refractivity contribution in [2.24, 2.45) is 0 Å². The van der Waals surface area contributed by atoms with Crippen molar-refractivity contribution in [2.75, 3.05) is 42.0 Å². The molecule has 0 bridgehead atoms. The molecule has 3 aromatic rings. The van der Waals surface area contributed by atoms with Gasteiger partial charge in [-0.3, -0.25) is 14.7 Å². The summed E-state index contributed by atoms with van der Waals surface area (Å²) in [6, 6.07) is 12.1. The van der Waals surface area contributed by atoms with Crippen LogP contribution in [0.5, 0.6) is 17.2 Å². The van der Waals surface area contributed by atoms with Crippen molar-refractivity contribution in [1.29, 1.82) is 0 Å². The van der Waals surface area contributed by atoms with Gasteiger partial charge >= 0.3 is 0 Å². The number of aromatic nitrogens is 2. The third-order valence-corrected chi connectivity index (χ3v) is 4.89. The van der Waals surface area contributed by atoms with Crippen LogP contribution in [0.3, 0.4) is 0 Å². The average Bonchev–Trinajstić information content (AvgIpc) is 3.36. The lowest BCUT2D eigenvalue weighted by molar-refractivity contribution is 0.0827. The quantitative estimate of drug-likeness (QED) is 0.523. The Hall–Kier alpha value is -4.45. The summed E-state index contributed by atoms with van der Waals surface area (Å²) in [5.41, 5.74) is 2.86. The number of ether oxygens (including phenoxy) is 3. The summed E-state index contributed by atoms with van der Waals surface area (Å²) in [7, 11) is 7.99.